The third-order valence-electron chi connectivity index (χ3n) is 4.88. The van der Waals surface area contributed by atoms with E-state index in [2.05, 4.69) is 5.32 Å². The molecule has 7 nitrogen and oxygen atoms in total. The summed E-state index contributed by atoms with van der Waals surface area (Å²) in [5.41, 5.74) is 1.71. The second kappa shape index (κ2) is 9.55. The van der Waals surface area contributed by atoms with Crippen molar-refractivity contribution >= 4 is 29.3 Å². The number of ether oxygens (including phenoxy) is 3. The largest absolute Gasteiger partial charge is 0.493 e. The summed E-state index contributed by atoms with van der Waals surface area (Å²) < 4.78 is 16.1. The van der Waals surface area contributed by atoms with Gasteiger partial charge in [-0.25, -0.2) is 4.79 Å². The fourth-order valence-corrected chi connectivity index (χ4v) is 3.39. The molecule has 0 atom stereocenters. The number of carbonyl (C=O) groups is 2. The molecule has 0 aromatic heterocycles. The van der Waals surface area contributed by atoms with Gasteiger partial charge in [0.05, 0.1) is 31.6 Å². The van der Waals surface area contributed by atoms with E-state index in [4.69, 9.17) is 14.2 Å². The highest BCUT2D eigenvalue weighted by Crippen LogP contribution is 2.34. The third-order valence-corrected chi connectivity index (χ3v) is 4.88. The number of esters is 1. The Balaban J connectivity index is 1.60. The van der Waals surface area contributed by atoms with Crippen molar-refractivity contribution in [2.24, 2.45) is 0 Å². The Hall–Kier alpha value is -3.48. The van der Waals surface area contributed by atoms with E-state index < -0.39 is 11.5 Å². The average Bonchev–Trinajstić information content (AvgIpc) is 2.75. The fraction of sp³-hybridized carbons (Fsp3) is 0.333. The molecule has 164 valence electrons. The molecule has 31 heavy (non-hydrogen) atoms. The summed E-state index contributed by atoms with van der Waals surface area (Å²) >= 11 is 0. The van der Waals surface area contributed by atoms with Crippen molar-refractivity contribution in [2.45, 2.75) is 26.3 Å². The molecule has 0 aliphatic carbocycles. The van der Waals surface area contributed by atoms with Gasteiger partial charge in [-0.15, -0.1) is 0 Å². The summed E-state index contributed by atoms with van der Waals surface area (Å²) in [4.78, 5) is 26.6. The third kappa shape index (κ3) is 5.17. The van der Waals surface area contributed by atoms with E-state index in [0.29, 0.717) is 18.1 Å². The van der Waals surface area contributed by atoms with Gasteiger partial charge >= 0.3 is 5.97 Å². The van der Waals surface area contributed by atoms with E-state index in [1.807, 2.05) is 51.1 Å². The van der Waals surface area contributed by atoms with Crippen molar-refractivity contribution < 1.29 is 23.8 Å². The topological polar surface area (TPSA) is 77.1 Å². The summed E-state index contributed by atoms with van der Waals surface area (Å²) in [5, 5.41) is 3.25. The SMILES string of the molecule is CCOc1ccc(/C=C/C(=O)OCCN2C(=O)C(C)(C)Nc3ccccc32)cc1OC. The number of fused-ring (bicyclic) bond motifs is 1. The molecule has 0 unspecified atom stereocenters. The van der Waals surface area contributed by atoms with Gasteiger partial charge < -0.3 is 24.4 Å². The van der Waals surface area contributed by atoms with Crippen molar-refractivity contribution in [3.05, 3.63) is 54.1 Å². The maximum Gasteiger partial charge on any atom is 0.330 e. The van der Waals surface area contributed by atoms with E-state index >= 15 is 0 Å². The maximum absolute atomic E-state index is 12.8. The second-order valence-electron chi connectivity index (χ2n) is 7.57. The lowest BCUT2D eigenvalue weighted by molar-refractivity contribution is -0.137. The van der Waals surface area contributed by atoms with Gasteiger partial charge in [-0.2, -0.15) is 0 Å². The van der Waals surface area contributed by atoms with Crippen molar-refractivity contribution in [3.8, 4) is 11.5 Å². The van der Waals surface area contributed by atoms with Gasteiger partial charge in [0.25, 0.3) is 5.91 Å². The van der Waals surface area contributed by atoms with Crippen molar-refractivity contribution in [3.63, 3.8) is 0 Å². The summed E-state index contributed by atoms with van der Waals surface area (Å²) in [7, 11) is 1.57. The van der Waals surface area contributed by atoms with Crippen molar-refractivity contribution in [2.75, 3.05) is 37.1 Å². The maximum atomic E-state index is 12.8. The molecule has 0 spiro atoms. The van der Waals surface area contributed by atoms with Crippen LogP contribution in [0.2, 0.25) is 0 Å². The van der Waals surface area contributed by atoms with Crippen LogP contribution in [0.25, 0.3) is 6.08 Å². The fourth-order valence-electron chi connectivity index (χ4n) is 3.39. The Morgan fingerprint density at radius 1 is 1.16 bits per heavy atom. The number of carbonyl (C=O) groups excluding carboxylic acids is 2. The molecule has 0 bridgehead atoms. The predicted molar refractivity (Wildman–Crippen MR) is 121 cm³/mol. The van der Waals surface area contributed by atoms with Crippen LogP contribution in [-0.4, -0.2) is 44.3 Å². The lowest BCUT2D eigenvalue weighted by Gasteiger charge is -2.39. The van der Waals surface area contributed by atoms with E-state index in [1.54, 1.807) is 30.2 Å². The first-order valence-corrected chi connectivity index (χ1v) is 10.2. The van der Waals surface area contributed by atoms with Crippen molar-refractivity contribution in [1.29, 1.82) is 0 Å². The molecule has 2 aromatic carbocycles. The van der Waals surface area contributed by atoms with Gasteiger partial charge in [0.2, 0.25) is 0 Å². The number of nitrogens with one attached hydrogen (secondary N) is 1. The van der Waals surface area contributed by atoms with Crippen LogP contribution in [-0.2, 0) is 14.3 Å². The Morgan fingerprint density at radius 3 is 2.68 bits per heavy atom. The number of amides is 1. The lowest BCUT2D eigenvalue weighted by atomic mass is 9.98. The summed E-state index contributed by atoms with van der Waals surface area (Å²) in [6.45, 7) is 6.46. The summed E-state index contributed by atoms with van der Waals surface area (Å²) in [6, 6.07) is 13.0. The van der Waals surface area contributed by atoms with Crippen LogP contribution in [0.4, 0.5) is 11.4 Å². The van der Waals surface area contributed by atoms with Gasteiger partial charge in [-0.1, -0.05) is 18.2 Å². The van der Waals surface area contributed by atoms with Gasteiger partial charge in [0, 0.05) is 6.08 Å². The quantitative estimate of drug-likeness (QED) is 0.512. The standard InChI is InChI=1S/C24H28N2O5/c1-5-30-20-12-10-17(16-21(20)29-4)11-13-22(27)31-15-14-26-19-9-7-6-8-18(19)25-24(2,3)23(26)28/h6-13,16,25H,5,14-15H2,1-4H3/b13-11+. The first-order chi connectivity index (χ1) is 14.9. The Bertz CT molecular complexity index is 984. The molecule has 2 aromatic rings. The number of para-hydroxylation sites is 2. The zero-order valence-electron chi connectivity index (χ0n) is 18.3. The molecule has 7 heteroatoms. The normalized spacial score (nSPS) is 14.7. The molecule has 1 amide bonds. The molecule has 0 radical (unpaired) electrons. The highest BCUT2D eigenvalue weighted by Gasteiger charge is 2.38. The molecule has 3 rings (SSSR count). The van der Waals surface area contributed by atoms with Gasteiger partial charge in [0.1, 0.15) is 12.1 Å². The van der Waals surface area contributed by atoms with Crippen LogP contribution in [0.5, 0.6) is 11.5 Å². The average molecular weight is 424 g/mol. The Kier molecular flexibility index (Phi) is 6.84. The first-order valence-electron chi connectivity index (χ1n) is 10.2. The number of hydrogen-bond donors (Lipinski definition) is 1. The zero-order chi connectivity index (χ0) is 22.4. The van der Waals surface area contributed by atoms with Crippen LogP contribution in [0.15, 0.2) is 48.5 Å². The van der Waals surface area contributed by atoms with Crippen LogP contribution in [0, 0.1) is 0 Å². The molecule has 1 aliphatic rings. The minimum atomic E-state index is -0.731. The highest BCUT2D eigenvalue weighted by molar-refractivity contribution is 6.07. The Labute approximate surface area is 182 Å². The number of benzene rings is 2. The minimum Gasteiger partial charge on any atom is -0.493 e. The summed E-state index contributed by atoms with van der Waals surface area (Å²) in [5.74, 6) is 0.687. The molecule has 1 aliphatic heterocycles. The summed E-state index contributed by atoms with van der Waals surface area (Å²) in [6.07, 6.45) is 3.00. The minimum absolute atomic E-state index is 0.0701. The van der Waals surface area contributed by atoms with Crippen LogP contribution in [0.1, 0.15) is 26.3 Å². The Morgan fingerprint density at radius 2 is 1.94 bits per heavy atom. The van der Waals surface area contributed by atoms with Crippen LogP contribution < -0.4 is 19.7 Å². The molecule has 0 saturated carbocycles. The second-order valence-corrected chi connectivity index (χ2v) is 7.57. The number of nitrogens with zero attached hydrogens (tertiary/aromatic N) is 1. The van der Waals surface area contributed by atoms with Crippen LogP contribution >= 0.6 is 0 Å². The lowest BCUT2D eigenvalue weighted by Crippen LogP contribution is -2.54. The molecular weight excluding hydrogens is 396 g/mol. The zero-order valence-corrected chi connectivity index (χ0v) is 18.3. The monoisotopic (exact) mass is 424 g/mol. The van der Waals surface area contributed by atoms with Gasteiger partial charge in [0.15, 0.2) is 11.5 Å². The van der Waals surface area contributed by atoms with E-state index in [0.717, 1.165) is 16.9 Å². The van der Waals surface area contributed by atoms with Crippen molar-refractivity contribution in [1.82, 2.24) is 0 Å². The van der Waals surface area contributed by atoms with E-state index in [9.17, 15) is 9.59 Å². The number of anilines is 2. The predicted octanol–water partition coefficient (Wildman–Crippen LogP) is 3.89. The highest BCUT2D eigenvalue weighted by atomic mass is 16.5. The molecule has 0 fully saturated rings. The number of hydrogen-bond acceptors (Lipinski definition) is 6. The smallest absolute Gasteiger partial charge is 0.330 e. The molecular formula is C24H28N2O5. The molecule has 1 N–H and O–H groups in total. The number of methoxy groups -OCH3 is 1. The van der Waals surface area contributed by atoms with E-state index in [-0.39, 0.29) is 19.1 Å². The molecule has 0 saturated heterocycles. The van der Waals surface area contributed by atoms with E-state index in [1.165, 1.54) is 6.08 Å². The van der Waals surface area contributed by atoms with Crippen LogP contribution in [0.3, 0.4) is 0 Å². The van der Waals surface area contributed by atoms with Gasteiger partial charge in [-0.3, -0.25) is 4.79 Å². The first kappa shape index (κ1) is 22.2. The van der Waals surface area contributed by atoms with Gasteiger partial charge in [-0.05, 0) is 56.7 Å². The molecule has 1 heterocycles. The number of rotatable bonds is 8.